The number of nitrogens with zero attached hydrogens (tertiary/aromatic N) is 2. The summed E-state index contributed by atoms with van der Waals surface area (Å²) < 4.78 is 1.65. The first-order valence-corrected chi connectivity index (χ1v) is 5.59. The Bertz CT molecular complexity index is 676. The molecule has 0 spiro atoms. The minimum atomic E-state index is 0.643. The van der Waals surface area contributed by atoms with E-state index in [1.807, 2.05) is 31.3 Å². The van der Waals surface area contributed by atoms with Crippen molar-refractivity contribution < 1.29 is 0 Å². The number of hydrogen-bond acceptors (Lipinski definition) is 2. The van der Waals surface area contributed by atoms with Crippen molar-refractivity contribution in [2.45, 2.75) is 0 Å². The van der Waals surface area contributed by atoms with Crippen molar-refractivity contribution in [1.82, 2.24) is 14.8 Å². The SMILES string of the molecule is Cn1nc(-c2ccc3c(Cl)c[nH]c3c2)cc1N. The van der Waals surface area contributed by atoms with E-state index >= 15 is 0 Å². The number of anilines is 1. The molecule has 86 valence electrons. The zero-order valence-electron chi connectivity index (χ0n) is 9.24. The summed E-state index contributed by atoms with van der Waals surface area (Å²) in [5.74, 6) is 0.643. The molecule has 1 aromatic carbocycles. The van der Waals surface area contributed by atoms with Gasteiger partial charge in [-0.25, -0.2) is 0 Å². The molecule has 17 heavy (non-hydrogen) atoms. The molecule has 0 aliphatic rings. The second kappa shape index (κ2) is 3.53. The maximum atomic E-state index is 6.03. The lowest BCUT2D eigenvalue weighted by atomic mass is 10.1. The van der Waals surface area contributed by atoms with Crippen molar-refractivity contribution in [1.29, 1.82) is 0 Å². The minimum absolute atomic E-state index is 0.643. The van der Waals surface area contributed by atoms with E-state index in [1.165, 1.54) is 0 Å². The molecule has 0 radical (unpaired) electrons. The average Bonchev–Trinajstić information content (AvgIpc) is 2.84. The van der Waals surface area contributed by atoms with Crippen LogP contribution in [0.4, 0.5) is 5.82 Å². The second-order valence-corrected chi connectivity index (χ2v) is 4.38. The number of nitrogen functional groups attached to an aromatic ring is 1. The summed E-state index contributed by atoms with van der Waals surface area (Å²) in [7, 11) is 1.82. The first kappa shape index (κ1) is 10.2. The standard InChI is InChI=1S/C12H11ClN4/c1-17-12(14)5-10(16-17)7-2-3-8-9(13)6-15-11(8)4-7/h2-6,15H,14H2,1H3. The Balaban J connectivity index is 2.17. The smallest absolute Gasteiger partial charge is 0.121 e. The molecular formula is C12H11ClN4. The van der Waals surface area contributed by atoms with Gasteiger partial charge in [0.25, 0.3) is 0 Å². The van der Waals surface area contributed by atoms with Gasteiger partial charge in [0.15, 0.2) is 0 Å². The Labute approximate surface area is 103 Å². The van der Waals surface area contributed by atoms with Crippen molar-refractivity contribution in [3.05, 3.63) is 35.5 Å². The van der Waals surface area contributed by atoms with E-state index in [9.17, 15) is 0 Å². The third-order valence-electron chi connectivity index (χ3n) is 2.84. The molecule has 0 bridgehead atoms. The van der Waals surface area contributed by atoms with Gasteiger partial charge < -0.3 is 10.7 Å². The molecule has 0 saturated carbocycles. The number of benzene rings is 1. The molecule has 0 fully saturated rings. The van der Waals surface area contributed by atoms with Gasteiger partial charge in [0, 0.05) is 35.8 Å². The molecule has 3 rings (SSSR count). The van der Waals surface area contributed by atoms with E-state index < -0.39 is 0 Å². The molecule has 3 N–H and O–H groups in total. The predicted molar refractivity (Wildman–Crippen MR) is 69.9 cm³/mol. The molecule has 0 unspecified atom stereocenters. The molecule has 5 heteroatoms. The number of aromatic amines is 1. The first-order valence-electron chi connectivity index (χ1n) is 5.21. The van der Waals surface area contributed by atoms with Gasteiger partial charge in [0.1, 0.15) is 5.82 Å². The maximum absolute atomic E-state index is 6.03. The average molecular weight is 247 g/mol. The highest BCUT2D eigenvalue weighted by molar-refractivity contribution is 6.35. The Morgan fingerprint density at radius 3 is 2.88 bits per heavy atom. The summed E-state index contributed by atoms with van der Waals surface area (Å²) in [6.45, 7) is 0. The number of hydrogen-bond donors (Lipinski definition) is 2. The van der Waals surface area contributed by atoms with Gasteiger partial charge in [-0.05, 0) is 6.07 Å². The number of nitrogens with two attached hydrogens (primary N) is 1. The van der Waals surface area contributed by atoms with E-state index in [0.717, 1.165) is 27.2 Å². The van der Waals surface area contributed by atoms with Crippen LogP contribution in [0, 0.1) is 0 Å². The lowest BCUT2D eigenvalue weighted by molar-refractivity contribution is 0.782. The Hall–Kier alpha value is -1.94. The summed E-state index contributed by atoms with van der Waals surface area (Å²) in [5, 5.41) is 6.08. The van der Waals surface area contributed by atoms with Crippen LogP contribution in [0.5, 0.6) is 0 Å². The monoisotopic (exact) mass is 246 g/mol. The highest BCUT2D eigenvalue weighted by Gasteiger charge is 2.07. The normalized spacial score (nSPS) is 11.2. The van der Waals surface area contributed by atoms with Crippen molar-refractivity contribution in [3.8, 4) is 11.3 Å². The van der Waals surface area contributed by atoms with Crippen molar-refractivity contribution in [3.63, 3.8) is 0 Å². The Kier molecular flexibility index (Phi) is 2.12. The number of fused-ring (bicyclic) bond motifs is 1. The van der Waals surface area contributed by atoms with Gasteiger partial charge in [-0.2, -0.15) is 5.10 Å². The summed E-state index contributed by atoms with van der Waals surface area (Å²) in [5.41, 5.74) is 8.64. The van der Waals surface area contributed by atoms with Crippen molar-refractivity contribution in [2.24, 2.45) is 7.05 Å². The highest BCUT2D eigenvalue weighted by atomic mass is 35.5. The van der Waals surface area contributed by atoms with Crippen LogP contribution in [0.3, 0.4) is 0 Å². The molecular weight excluding hydrogens is 236 g/mol. The van der Waals surface area contributed by atoms with Gasteiger partial charge in [-0.1, -0.05) is 23.7 Å². The van der Waals surface area contributed by atoms with E-state index in [4.69, 9.17) is 17.3 Å². The molecule has 0 aliphatic carbocycles. The fourth-order valence-corrected chi connectivity index (χ4v) is 2.09. The maximum Gasteiger partial charge on any atom is 0.121 e. The third-order valence-corrected chi connectivity index (χ3v) is 3.16. The highest BCUT2D eigenvalue weighted by Crippen LogP contribution is 2.28. The Morgan fingerprint density at radius 1 is 1.35 bits per heavy atom. The van der Waals surface area contributed by atoms with Gasteiger partial charge >= 0.3 is 0 Å². The molecule has 2 aromatic heterocycles. The fraction of sp³-hybridized carbons (Fsp3) is 0.0833. The van der Waals surface area contributed by atoms with Crippen LogP contribution < -0.4 is 5.73 Å². The molecule has 3 aromatic rings. The lowest BCUT2D eigenvalue weighted by Gasteiger charge is -1.97. The minimum Gasteiger partial charge on any atom is -0.384 e. The summed E-state index contributed by atoms with van der Waals surface area (Å²) in [6, 6.07) is 7.84. The van der Waals surface area contributed by atoms with E-state index in [2.05, 4.69) is 10.1 Å². The lowest BCUT2D eigenvalue weighted by Crippen LogP contribution is -1.96. The van der Waals surface area contributed by atoms with Gasteiger partial charge in [-0.15, -0.1) is 0 Å². The van der Waals surface area contributed by atoms with Gasteiger partial charge in [0.05, 0.1) is 10.7 Å². The predicted octanol–water partition coefficient (Wildman–Crippen LogP) is 2.80. The van der Waals surface area contributed by atoms with Crippen LogP contribution in [0.1, 0.15) is 0 Å². The molecule has 0 aliphatic heterocycles. The molecule has 0 atom stereocenters. The summed E-state index contributed by atoms with van der Waals surface area (Å²) >= 11 is 6.03. The topological polar surface area (TPSA) is 59.6 Å². The second-order valence-electron chi connectivity index (χ2n) is 3.98. The van der Waals surface area contributed by atoms with Gasteiger partial charge in [-0.3, -0.25) is 4.68 Å². The Morgan fingerprint density at radius 2 is 2.18 bits per heavy atom. The molecule has 2 heterocycles. The zero-order chi connectivity index (χ0) is 12.0. The van der Waals surface area contributed by atoms with E-state index in [1.54, 1.807) is 10.9 Å². The van der Waals surface area contributed by atoms with E-state index in [0.29, 0.717) is 5.82 Å². The van der Waals surface area contributed by atoms with E-state index in [-0.39, 0.29) is 0 Å². The van der Waals surface area contributed by atoms with Gasteiger partial charge in [0.2, 0.25) is 0 Å². The van der Waals surface area contributed by atoms with Crippen molar-refractivity contribution in [2.75, 3.05) is 5.73 Å². The first-order chi connectivity index (χ1) is 8.15. The number of H-pyrrole nitrogens is 1. The number of nitrogens with one attached hydrogen (secondary N) is 1. The van der Waals surface area contributed by atoms with Crippen LogP contribution in [0.25, 0.3) is 22.2 Å². The number of rotatable bonds is 1. The fourth-order valence-electron chi connectivity index (χ4n) is 1.87. The summed E-state index contributed by atoms with van der Waals surface area (Å²) in [6.07, 6.45) is 1.78. The molecule has 4 nitrogen and oxygen atoms in total. The van der Waals surface area contributed by atoms with Crippen LogP contribution in [-0.2, 0) is 7.05 Å². The largest absolute Gasteiger partial charge is 0.384 e. The number of aromatic nitrogens is 3. The van der Waals surface area contributed by atoms with Crippen LogP contribution in [0.2, 0.25) is 5.02 Å². The molecule has 0 saturated heterocycles. The van der Waals surface area contributed by atoms with Crippen LogP contribution >= 0.6 is 11.6 Å². The quantitative estimate of drug-likeness (QED) is 0.694. The third kappa shape index (κ3) is 1.57. The van der Waals surface area contributed by atoms with Crippen LogP contribution in [0.15, 0.2) is 30.5 Å². The summed E-state index contributed by atoms with van der Waals surface area (Å²) in [4.78, 5) is 3.12. The number of halogens is 1. The molecule has 0 amide bonds. The zero-order valence-corrected chi connectivity index (χ0v) is 9.99. The number of aryl methyl sites for hydroxylation is 1. The van der Waals surface area contributed by atoms with Crippen molar-refractivity contribution >= 4 is 28.3 Å². The van der Waals surface area contributed by atoms with Crippen LogP contribution in [-0.4, -0.2) is 14.8 Å².